The highest BCUT2D eigenvalue weighted by Gasteiger charge is 2.18. The van der Waals surface area contributed by atoms with Crippen LogP contribution in [0, 0.1) is 5.92 Å². The van der Waals surface area contributed by atoms with Crippen molar-refractivity contribution >= 4 is 11.1 Å². The number of nitrogens with two attached hydrogens (primary N) is 1. The van der Waals surface area contributed by atoms with Crippen LogP contribution in [0.3, 0.4) is 0 Å². The first-order chi connectivity index (χ1) is 9.01. The molecule has 0 fully saturated rings. The first kappa shape index (κ1) is 13.8. The Hall–Kier alpha value is -1.59. The highest BCUT2D eigenvalue weighted by molar-refractivity contribution is 5.72. The van der Waals surface area contributed by atoms with Gasteiger partial charge in [-0.25, -0.2) is 4.79 Å². The first-order valence-electron chi connectivity index (χ1n) is 6.50. The van der Waals surface area contributed by atoms with E-state index in [2.05, 4.69) is 16.8 Å². The van der Waals surface area contributed by atoms with E-state index in [1.54, 1.807) is 0 Å². The van der Waals surface area contributed by atoms with Gasteiger partial charge in [0, 0.05) is 6.04 Å². The Kier molecular flexibility index (Phi) is 4.07. The molecule has 0 aliphatic carbocycles. The number of aromatic amines is 1. The molecular formula is C14H21N3O2. The zero-order chi connectivity index (χ0) is 14.0. The van der Waals surface area contributed by atoms with E-state index in [1.807, 2.05) is 32.3 Å². The van der Waals surface area contributed by atoms with Gasteiger partial charge < -0.3 is 15.1 Å². The van der Waals surface area contributed by atoms with Crippen molar-refractivity contribution in [2.75, 3.05) is 20.6 Å². The van der Waals surface area contributed by atoms with E-state index in [4.69, 9.17) is 10.2 Å². The molecule has 0 spiro atoms. The average molecular weight is 263 g/mol. The van der Waals surface area contributed by atoms with Gasteiger partial charge >= 0.3 is 5.76 Å². The summed E-state index contributed by atoms with van der Waals surface area (Å²) >= 11 is 0. The van der Waals surface area contributed by atoms with Crippen LogP contribution in [0.15, 0.2) is 27.4 Å². The maximum Gasteiger partial charge on any atom is 0.417 e. The van der Waals surface area contributed by atoms with E-state index < -0.39 is 5.76 Å². The smallest absolute Gasteiger partial charge is 0.408 e. The van der Waals surface area contributed by atoms with Crippen molar-refractivity contribution in [2.24, 2.45) is 11.7 Å². The minimum atomic E-state index is -0.413. The molecule has 0 aliphatic rings. The van der Waals surface area contributed by atoms with E-state index in [0.29, 0.717) is 18.0 Å². The van der Waals surface area contributed by atoms with Crippen molar-refractivity contribution in [3.63, 3.8) is 0 Å². The standard InChI is InChI=1S/C14H21N3O2/c1-9(8-15)6-12(17(2)3)10-4-5-11-13(7-10)19-14(18)16-11/h4-5,7,9,12H,6,8,15H2,1-3H3,(H,16,18). The van der Waals surface area contributed by atoms with Crippen LogP contribution < -0.4 is 11.5 Å². The molecule has 0 bridgehead atoms. The Bertz CT molecular complexity index is 600. The summed E-state index contributed by atoms with van der Waals surface area (Å²) in [5.74, 6) is 0.0326. The maximum atomic E-state index is 11.2. The quantitative estimate of drug-likeness (QED) is 0.861. The van der Waals surface area contributed by atoms with Crippen LogP contribution in [0.2, 0.25) is 0 Å². The fourth-order valence-electron chi connectivity index (χ4n) is 2.29. The van der Waals surface area contributed by atoms with Gasteiger partial charge in [-0.2, -0.15) is 0 Å². The molecule has 5 nitrogen and oxygen atoms in total. The highest BCUT2D eigenvalue weighted by atomic mass is 16.4. The lowest BCUT2D eigenvalue weighted by atomic mass is 9.95. The third-order valence-corrected chi connectivity index (χ3v) is 3.48. The van der Waals surface area contributed by atoms with Gasteiger partial charge in [0.05, 0.1) is 5.52 Å². The number of fused-ring (bicyclic) bond motifs is 1. The van der Waals surface area contributed by atoms with Crippen LogP contribution in [0.4, 0.5) is 0 Å². The zero-order valence-corrected chi connectivity index (χ0v) is 11.6. The summed E-state index contributed by atoms with van der Waals surface area (Å²) < 4.78 is 5.12. The number of nitrogens with zero attached hydrogens (tertiary/aromatic N) is 1. The molecule has 0 aliphatic heterocycles. The van der Waals surface area contributed by atoms with Gasteiger partial charge in [0.25, 0.3) is 0 Å². The first-order valence-corrected chi connectivity index (χ1v) is 6.50. The summed E-state index contributed by atoms with van der Waals surface area (Å²) in [5, 5.41) is 0. The highest BCUT2D eigenvalue weighted by Crippen LogP contribution is 2.27. The van der Waals surface area contributed by atoms with Crippen molar-refractivity contribution in [2.45, 2.75) is 19.4 Å². The molecule has 0 amide bonds. The summed E-state index contributed by atoms with van der Waals surface area (Å²) in [6.07, 6.45) is 0.976. The Labute approximate surface area is 112 Å². The topological polar surface area (TPSA) is 75.3 Å². The second-order valence-corrected chi connectivity index (χ2v) is 5.33. The van der Waals surface area contributed by atoms with Crippen LogP contribution in [-0.4, -0.2) is 30.5 Å². The van der Waals surface area contributed by atoms with Gasteiger partial charge in [-0.15, -0.1) is 0 Å². The molecule has 2 aromatic rings. The Morgan fingerprint density at radius 1 is 1.42 bits per heavy atom. The Balaban J connectivity index is 2.35. The number of hydrogen-bond acceptors (Lipinski definition) is 4. The van der Waals surface area contributed by atoms with Crippen LogP contribution in [0.5, 0.6) is 0 Å². The lowest BCUT2D eigenvalue weighted by Gasteiger charge is -2.27. The van der Waals surface area contributed by atoms with Crippen LogP contribution >= 0.6 is 0 Å². The lowest BCUT2D eigenvalue weighted by Crippen LogP contribution is -2.24. The SMILES string of the molecule is CC(CN)CC(c1ccc2[nH]c(=O)oc2c1)N(C)C. The predicted octanol–water partition coefficient (Wildman–Crippen LogP) is 1.71. The predicted molar refractivity (Wildman–Crippen MR) is 76.1 cm³/mol. The third-order valence-electron chi connectivity index (χ3n) is 3.48. The second kappa shape index (κ2) is 5.59. The molecular weight excluding hydrogens is 242 g/mol. The molecule has 3 N–H and O–H groups in total. The fraction of sp³-hybridized carbons (Fsp3) is 0.500. The average Bonchev–Trinajstić information content (AvgIpc) is 2.74. The van der Waals surface area contributed by atoms with Gasteiger partial charge in [-0.05, 0) is 50.7 Å². The largest absolute Gasteiger partial charge is 0.417 e. The van der Waals surface area contributed by atoms with E-state index in [0.717, 1.165) is 17.5 Å². The zero-order valence-electron chi connectivity index (χ0n) is 11.6. The molecule has 1 aromatic heterocycles. The Morgan fingerprint density at radius 2 is 2.16 bits per heavy atom. The number of nitrogens with one attached hydrogen (secondary N) is 1. The summed E-state index contributed by atoms with van der Waals surface area (Å²) in [7, 11) is 4.09. The summed E-state index contributed by atoms with van der Waals surface area (Å²) in [6, 6.07) is 6.12. The molecule has 2 rings (SSSR count). The van der Waals surface area contributed by atoms with Gasteiger partial charge in [-0.1, -0.05) is 13.0 Å². The van der Waals surface area contributed by atoms with Crippen molar-refractivity contribution in [3.05, 3.63) is 34.3 Å². The monoisotopic (exact) mass is 263 g/mol. The third kappa shape index (κ3) is 3.05. The molecule has 1 aromatic carbocycles. The van der Waals surface area contributed by atoms with E-state index in [9.17, 15) is 4.79 Å². The van der Waals surface area contributed by atoms with Crippen LogP contribution in [0.25, 0.3) is 11.1 Å². The molecule has 0 saturated heterocycles. The minimum absolute atomic E-state index is 0.267. The van der Waals surface area contributed by atoms with Gasteiger partial charge in [0.15, 0.2) is 5.58 Å². The molecule has 2 atom stereocenters. The van der Waals surface area contributed by atoms with Crippen molar-refractivity contribution < 1.29 is 4.42 Å². The Morgan fingerprint density at radius 3 is 2.79 bits per heavy atom. The normalized spacial score (nSPS) is 15.0. The van der Waals surface area contributed by atoms with E-state index in [1.165, 1.54) is 0 Å². The molecule has 104 valence electrons. The summed E-state index contributed by atoms with van der Waals surface area (Å²) in [6.45, 7) is 2.82. The van der Waals surface area contributed by atoms with Crippen molar-refractivity contribution in [1.82, 2.24) is 9.88 Å². The number of oxazole rings is 1. The summed E-state index contributed by atoms with van der Waals surface area (Å²) in [5.41, 5.74) is 8.19. The summed E-state index contributed by atoms with van der Waals surface area (Å²) in [4.78, 5) is 16.0. The number of H-pyrrole nitrogens is 1. The van der Waals surface area contributed by atoms with E-state index >= 15 is 0 Å². The van der Waals surface area contributed by atoms with Crippen LogP contribution in [-0.2, 0) is 0 Å². The molecule has 2 unspecified atom stereocenters. The molecule has 1 heterocycles. The molecule has 0 saturated carbocycles. The number of hydrogen-bond donors (Lipinski definition) is 2. The molecule has 0 radical (unpaired) electrons. The van der Waals surface area contributed by atoms with Crippen molar-refractivity contribution in [3.8, 4) is 0 Å². The molecule has 19 heavy (non-hydrogen) atoms. The van der Waals surface area contributed by atoms with Gasteiger partial charge in [0.1, 0.15) is 0 Å². The van der Waals surface area contributed by atoms with Crippen LogP contribution in [0.1, 0.15) is 24.9 Å². The van der Waals surface area contributed by atoms with E-state index in [-0.39, 0.29) is 6.04 Å². The van der Waals surface area contributed by atoms with Gasteiger partial charge in [-0.3, -0.25) is 4.98 Å². The fourth-order valence-corrected chi connectivity index (χ4v) is 2.29. The lowest BCUT2D eigenvalue weighted by molar-refractivity contribution is 0.255. The van der Waals surface area contributed by atoms with Crippen molar-refractivity contribution in [1.29, 1.82) is 0 Å². The maximum absolute atomic E-state index is 11.2. The minimum Gasteiger partial charge on any atom is -0.408 e. The number of benzene rings is 1. The molecule has 5 heteroatoms. The van der Waals surface area contributed by atoms with Gasteiger partial charge in [0.2, 0.25) is 0 Å². The number of aromatic nitrogens is 1. The number of rotatable bonds is 5. The second-order valence-electron chi connectivity index (χ2n) is 5.33.